The Morgan fingerprint density at radius 2 is 1.22 bits per heavy atom. The maximum absolute atomic E-state index is 13.1. The van der Waals surface area contributed by atoms with Crippen molar-refractivity contribution in [1.82, 2.24) is 0 Å². The van der Waals surface area contributed by atoms with E-state index in [9.17, 15) is 19.2 Å². The van der Waals surface area contributed by atoms with E-state index in [0.717, 1.165) is 35.0 Å². The Balaban J connectivity index is 1.24. The Hall–Kier alpha value is -6.14. The van der Waals surface area contributed by atoms with E-state index < -0.39 is 17.9 Å². The van der Waals surface area contributed by atoms with E-state index in [4.69, 9.17) is 28.4 Å². The summed E-state index contributed by atoms with van der Waals surface area (Å²) >= 11 is 1.06. The molecule has 0 fully saturated rings. The lowest BCUT2D eigenvalue weighted by Gasteiger charge is -2.10. The molecule has 12 heteroatoms. The molecule has 0 aromatic heterocycles. The summed E-state index contributed by atoms with van der Waals surface area (Å²) in [5.74, 6) is 0.775. The maximum atomic E-state index is 13.1. The second-order valence-electron chi connectivity index (χ2n) is 11.8. The van der Waals surface area contributed by atoms with Gasteiger partial charge in [-0.25, -0.2) is 14.4 Å². The van der Waals surface area contributed by atoms with Crippen LogP contribution in [-0.2, 0) is 19.1 Å². The molecule has 0 amide bonds. The summed E-state index contributed by atoms with van der Waals surface area (Å²) in [5, 5.41) is -0.147. The molecule has 0 heterocycles. The number of benzene rings is 4. The summed E-state index contributed by atoms with van der Waals surface area (Å²) in [4.78, 5) is 53.3. The van der Waals surface area contributed by atoms with Gasteiger partial charge in [-0.05, 0) is 134 Å². The van der Waals surface area contributed by atoms with Gasteiger partial charge < -0.3 is 28.4 Å². The molecule has 4 aromatic carbocycles. The molecular weight excluding hydrogens is 723 g/mol. The van der Waals surface area contributed by atoms with Crippen molar-refractivity contribution >= 4 is 46.7 Å². The smallest absolute Gasteiger partial charge is 0.343 e. The lowest BCUT2D eigenvalue weighted by atomic mass is 10.2. The van der Waals surface area contributed by atoms with Gasteiger partial charge in [0.15, 0.2) is 0 Å². The molecule has 0 bridgehead atoms. The third kappa shape index (κ3) is 14.0. The van der Waals surface area contributed by atoms with Crippen molar-refractivity contribution in [2.45, 2.75) is 37.5 Å². The first kappa shape index (κ1) is 41.6. The number of carbonyl (C=O) groups is 4. The molecule has 0 aliphatic carbocycles. The third-order valence-corrected chi connectivity index (χ3v) is 8.72. The largest absolute Gasteiger partial charge is 0.496 e. The highest BCUT2D eigenvalue weighted by Crippen LogP contribution is 2.33. The quantitative estimate of drug-likeness (QED) is 0.0201. The highest BCUT2D eigenvalue weighted by molar-refractivity contribution is 8.14. The van der Waals surface area contributed by atoms with Crippen molar-refractivity contribution in [3.63, 3.8) is 0 Å². The first-order chi connectivity index (χ1) is 26.7. The van der Waals surface area contributed by atoms with Crippen LogP contribution in [0.25, 0.3) is 0 Å². The van der Waals surface area contributed by atoms with Crippen LogP contribution in [0.15, 0.2) is 120 Å². The summed E-state index contributed by atoms with van der Waals surface area (Å²) < 4.78 is 32.5. The van der Waals surface area contributed by atoms with Gasteiger partial charge in [0.05, 0.1) is 49.7 Å². The highest BCUT2D eigenvalue weighted by atomic mass is 32.2. The zero-order valence-electron chi connectivity index (χ0n) is 30.8. The molecule has 0 unspecified atom stereocenters. The highest BCUT2D eigenvalue weighted by Gasteiger charge is 2.14. The SMILES string of the molecule is C=CC(=O)OCCCCOc1ccc(C(=O)Oc2ccc(N=Cc3ccc(SC(=O)c4ccc(OCCCCOC(=O)C=C)cc4)c(OC)c3)c(C)c2)cc1. The number of unbranched alkanes of at least 4 members (excludes halogenated alkanes) is 2. The monoisotopic (exact) mass is 765 g/mol. The predicted molar refractivity (Wildman–Crippen MR) is 211 cm³/mol. The first-order valence-electron chi connectivity index (χ1n) is 17.5. The molecule has 286 valence electrons. The van der Waals surface area contributed by atoms with Crippen LogP contribution in [0.2, 0.25) is 0 Å². The average Bonchev–Trinajstić information content (AvgIpc) is 3.20. The van der Waals surface area contributed by atoms with E-state index in [-0.39, 0.29) is 5.12 Å². The predicted octanol–water partition coefficient (Wildman–Crippen LogP) is 8.68. The molecule has 4 aromatic rings. The number of hydrogen-bond acceptors (Lipinski definition) is 12. The number of hydrogen-bond donors (Lipinski definition) is 0. The Kier molecular flexibility index (Phi) is 16.8. The molecule has 0 saturated carbocycles. The van der Waals surface area contributed by atoms with Crippen molar-refractivity contribution in [3.8, 4) is 23.0 Å². The minimum Gasteiger partial charge on any atom is -0.496 e. The maximum Gasteiger partial charge on any atom is 0.343 e. The summed E-state index contributed by atoms with van der Waals surface area (Å²) in [5.41, 5.74) is 3.15. The topological polar surface area (TPSA) is 136 Å². The van der Waals surface area contributed by atoms with E-state index >= 15 is 0 Å². The first-order valence-corrected chi connectivity index (χ1v) is 18.3. The van der Waals surface area contributed by atoms with Crippen LogP contribution in [0.4, 0.5) is 5.69 Å². The van der Waals surface area contributed by atoms with Crippen molar-refractivity contribution in [2.75, 3.05) is 33.5 Å². The van der Waals surface area contributed by atoms with Gasteiger partial charge in [-0.2, -0.15) is 0 Å². The number of methoxy groups -OCH3 is 1. The molecule has 55 heavy (non-hydrogen) atoms. The molecule has 0 radical (unpaired) electrons. The van der Waals surface area contributed by atoms with Crippen molar-refractivity contribution in [1.29, 1.82) is 0 Å². The van der Waals surface area contributed by atoms with Crippen LogP contribution in [0.5, 0.6) is 23.0 Å². The summed E-state index contributed by atoms with van der Waals surface area (Å²) in [6.07, 6.45) is 6.70. The zero-order chi connectivity index (χ0) is 39.4. The molecule has 0 N–H and O–H groups in total. The van der Waals surface area contributed by atoms with E-state index in [1.54, 1.807) is 86.1 Å². The van der Waals surface area contributed by atoms with E-state index in [1.807, 2.05) is 19.1 Å². The van der Waals surface area contributed by atoms with E-state index in [1.165, 1.54) is 0 Å². The fourth-order valence-corrected chi connectivity index (χ4v) is 5.61. The van der Waals surface area contributed by atoms with Crippen LogP contribution in [0.1, 0.15) is 57.5 Å². The average molecular weight is 766 g/mol. The van der Waals surface area contributed by atoms with Crippen LogP contribution in [0.3, 0.4) is 0 Å². The van der Waals surface area contributed by atoms with Gasteiger partial charge in [-0.15, -0.1) is 0 Å². The van der Waals surface area contributed by atoms with Gasteiger partial charge in [-0.1, -0.05) is 19.2 Å². The molecule has 0 aliphatic heterocycles. The van der Waals surface area contributed by atoms with Crippen LogP contribution < -0.4 is 18.9 Å². The van der Waals surface area contributed by atoms with Crippen LogP contribution >= 0.6 is 11.8 Å². The summed E-state index contributed by atoms with van der Waals surface area (Å²) in [6.45, 7) is 10.1. The van der Waals surface area contributed by atoms with Gasteiger partial charge in [0.2, 0.25) is 5.12 Å². The number of aliphatic imine (C=N–C) groups is 1. The van der Waals surface area contributed by atoms with Gasteiger partial charge in [-0.3, -0.25) is 9.79 Å². The second-order valence-corrected chi connectivity index (χ2v) is 12.8. The Morgan fingerprint density at radius 1 is 0.673 bits per heavy atom. The summed E-state index contributed by atoms with van der Waals surface area (Å²) in [6, 6.07) is 24.2. The normalized spacial score (nSPS) is 10.7. The van der Waals surface area contributed by atoms with Crippen molar-refractivity contribution < 1.29 is 47.6 Å². The van der Waals surface area contributed by atoms with Crippen molar-refractivity contribution in [3.05, 3.63) is 132 Å². The third-order valence-electron chi connectivity index (χ3n) is 7.74. The van der Waals surface area contributed by atoms with Crippen LogP contribution in [-0.4, -0.2) is 62.8 Å². The second kappa shape index (κ2) is 22.2. The van der Waals surface area contributed by atoms with Crippen LogP contribution in [0, 0.1) is 6.92 Å². The van der Waals surface area contributed by atoms with Crippen molar-refractivity contribution in [2.24, 2.45) is 4.99 Å². The van der Waals surface area contributed by atoms with Gasteiger partial charge in [0.25, 0.3) is 0 Å². The zero-order valence-corrected chi connectivity index (χ0v) is 31.6. The number of nitrogens with zero attached hydrogens (tertiary/aromatic N) is 1. The Bertz CT molecular complexity index is 1970. The molecule has 0 atom stereocenters. The summed E-state index contributed by atoms with van der Waals surface area (Å²) in [7, 11) is 1.55. The number of aryl methyl sites for hydroxylation is 1. The number of esters is 3. The molecule has 0 saturated heterocycles. The Morgan fingerprint density at radius 3 is 1.76 bits per heavy atom. The molecule has 11 nitrogen and oxygen atoms in total. The standard InChI is InChI=1S/C43H43NO10S/c1-5-40(45)52-25-9-7-23-50-34-16-12-32(13-17-34)42(47)54-36-20-21-37(30(3)27-36)44-29-31-11-22-39(38(28-31)49-4)55-43(48)33-14-18-35(19-15-33)51-24-8-10-26-53-41(46)6-2/h5-6,11-22,27-29H,1-2,7-10,23-26H2,3-4H3. The number of thioether (sulfide) groups is 1. The molecule has 4 rings (SSSR count). The minimum atomic E-state index is -0.505. The number of ether oxygens (including phenoxy) is 6. The lowest BCUT2D eigenvalue weighted by molar-refractivity contribution is -0.138. The fourth-order valence-electron chi connectivity index (χ4n) is 4.78. The number of rotatable bonds is 21. The number of carbonyl (C=O) groups excluding carboxylic acids is 4. The molecule has 0 aliphatic rings. The van der Waals surface area contributed by atoms with Gasteiger partial charge in [0.1, 0.15) is 23.0 Å². The Labute approximate surface area is 325 Å². The van der Waals surface area contributed by atoms with E-state index in [2.05, 4.69) is 18.2 Å². The molecular formula is C43H43NO10S. The van der Waals surface area contributed by atoms with Gasteiger partial charge >= 0.3 is 17.9 Å². The fraction of sp³-hybridized carbons (Fsp3) is 0.233. The van der Waals surface area contributed by atoms with E-state index in [0.29, 0.717) is 96.8 Å². The lowest BCUT2D eigenvalue weighted by Crippen LogP contribution is -2.08. The van der Waals surface area contributed by atoms with Gasteiger partial charge in [0, 0.05) is 23.9 Å². The minimum absolute atomic E-state index is 0.147. The molecule has 0 spiro atoms.